The molecule has 0 fully saturated rings. The molecule has 6 nitrogen and oxygen atoms in total. The molecule has 6 heteroatoms. The highest BCUT2D eigenvalue weighted by atomic mass is 16.4. The lowest BCUT2D eigenvalue weighted by Crippen LogP contribution is -2.35. The molecule has 1 heterocycles. The van der Waals surface area contributed by atoms with Gasteiger partial charge >= 0.3 is 5.97 Å². The third-order valence-corrected chi connectivity index (χ3v) is 4.11. The molecule has 0 aliphatic heterocycles. The molecule has 0 bridgehead atoms. The van der Waals surface area contributed by atoms with Crippen molar-refractivity contribution in [1.29, 1.82) is 0 Å². The lowest BCUT2D eigenvalue weighted by molar-refractivity contribution is -0.142. The quantitative estimate of drug-likeness (QED) is 0.853. The van der Waals surface area contributed by atoms with E-state index in [9.17, 15) is 14.7 Å². The highest BCUT2D eigenvalue weighted by Crippen LogP contribution is 2.23. The summed E-state index contributed by atoms with van der Waals surface area (Å²) < 4.78 is 1.77. The molecule has 0 radical (unpaired) electrons. The number of carboxylic acid groups (broad SMARTS) is 1. The summed E-state index contributed by atoms with van der Waals surface area (Å²) in [4.78, 5) is 24.1. The fourth-order valence-corrected chi connectivity index (χ4v) is 2.69. The second-order valence-corrected chi connectivity index (χ2v) is 6.17. The fourth-order valence-electron chi connectivity index (χ4n) is 2.69. The number of rotatable bonds is 6. The molecule has 2 aromatic rings. The molecule has 2 unspecified atom stereocenters. The number of aliphatic carboxylic acids is 1. The Kier molecular flexibility index (Phi) is 5.39. The first-order valence-corrected chi connectivity index (χ1v) is 7.95. The van der Waals surface area contributed by atoms with E-state index in [1.165, 1.54) is 6.20 Å². The molecule has 0 aliphatic carbocycles. The first kappa shape index (κ1) is 17.7. The summed E-state index contributed by atoms with van der Waals surface area (Å²) >= 11 is 0. The van der Waals surface area contributed by atoms with E-state index >= 15 is 0 Å². The Bertz CT molecular complexity index is 722. The molecule has 1 amide bonds. The van der Waals surface area contributed by atoms with E-state index in [2.05, 4.69) is 10.4 Å². The van der Waals surface area contributed by atoms with Gasteiger partial charge in [0.1, 0.15) is 0 Å². The first-order valence-electron chi connectivity index (χ1n) is 7.95. The van der Waals surface area contributed by atoms with E-state index in [1.54, 1.807) is 11.6 Å². The number of nitrogens with zero attached hydrogens (tertiary/aromatic N) is 2. The van der Waals surface area contributed by atoms with Gasteiger partial charge in [0.25, 0.3) is 5.91 Å². The summed E-state index contributed by atoms with van der Waals surface area (Å²) in [5, 5.41) is 16.4. The molecule has 128 valence electrons. The van der Waals surface area contributed by atoms with Gasteiger partial charge in [-0.15, -0.1) is 0 Å². The molecule has 2 N–H and O–H groups in total. The van der Waals surface area contributed by atoms with Crippen molar-refractivity contribution in [3.05, 3.63) is 53.3 Å². The fraction of sp³-hybridized carbons (Fsp3) is 0.389. The van der Waals surface area contributed by atoms with Crippen LogP contribution in [-0.2, 0) is 4.79 Å². The van der Waals surface area contributed by atoms with E-state index in [4.69, 9.17) is 0 Å². The number of aromatic nitrogens is 2. The number of hydrogen-bond acceptors (Lipinski definition) is 3. The maximum atomic E-state index is 12.7. The van der Waals surface area contributed by atoms with Gasteiger partial charge in [0.15, 0.2) is 0 Å². The SMILES string of the molecule is Cc1c(C(=O)NC(c2ccccc2)C(C)C(=O)O)cnn1C(C)C. The normalized spacial score (nSPS) is 13.5. The van der Waals surface area contributed by atoms with Crippen LogP contribution in [0.1, 0.15) is 54.5 Å². The summed E-state index contributed by atoms with van der Waals surface area (Å²) in [6.07, 6.45) is 1.53. The maximum absolute atomic E-state index is 12.7. The molecular weight excluding hydrogens is 306 g/mol. The molecule has 0 saturated carbocycles. The van der Waals surface area contributed by atoms with Crippen molar-refractivity contribution in [2.75, 3.05) is 0 Å². The zero-order valence-electron chi connectivity index (χ0n) is 14.4. The topological polar surface area (TPSA) is 84.2 Å². The van der Waals surface area contributed by atoms with Crippen LogP contribution in [-0.4, -0.2) is 26.8 Å². The van der Waals surface area contributed by atoms with Crippen molar-refractivity contribution in [3.8, 4) is 0 Å². The van der Waals surface area contributed by atoms with Gasteiger partial charge in [-0.1, -0.05) is 30.3 Å². The van der Waals surface area contributed by atoms with E-state index in [0.717, 1.165) is 11.3 Å². The second kappa shape index (κ2) is 7.29. The van der Waals surface area contributed by atoms with Crippen molar-refractivity contribution in [2.45, 2.75) is 39.8 Å². The summed E-state index contributed by atoms with van der Waals surface area (Å²) in [5.41, 5.74) is 1.98. The van der Waals surface area contributed by atoms with Crippen molar-refractivity contribution < 1.29 is 14.7 Å². The van der Waals surface area contributed by atoms with E-state index in [0.29, 0.717) is 5.56 Å². The monoisotopic (exact) mass is 329 g/mol. The predicted molar refractivity (Wildman–Crippen MR) is 90.8 cm³/mol. The average Bonchev–Trinajstić information content (AvgIpc) is 2.94. The molecule has 1 aromatic carbocycles. The zero-order chi connectivity index (χ0) is 17.9. The second-order valence-electron chi connectivity index (χ2n) is 6.17. The smallest absolute Gasteiger partial charge is 0.308 e. The summed E-state index contributed by atoms with van der Waals surface area (Å²) in [6, 6.07) is 8.66. The van der Waals surface area contributed by atoms with Crippen molar-refractivity contribution in [2.24, 2.45) is 5.92 Å². The number of nitrogens with one attached hydrogen (secondary N) is 1. The van der Waals surface area contributed by atoms with Crippen LogP contribution in [0.4, 0.5) is 0 Å². The third-order valence-electron chi connectivity index (χ3n) is 4.11. The third kappa shape index (κ3) is 3.64. The molecule has 2 rings (SSSR count). The Morgan fingerprint density at radius 3 is 2.29 bits per heavy atom. The molecular formula is C18H23N3O3. The summed E-state index contributed by atoms with van der Waals surface area (Å²) in [7, 11) is 0. The van der Waals surface area contributed by atoms with Gasteiger partial charge in [-0.2, -0.15) is 5.10 Å². The van der Waals surface area contributed by atoms with Crippen molar-refractivity contribution in [1.82, 2.24) is 15.1 Å². The van der Waals surface area contributed by atoms with Gasteiger partial charge in [-0.3, -0.25) is 14.3 Å². The molecule has 0 aliphatic rings. The standard InChI is InChI=1S/C18H23N3O3/c1-11(2)21-13(4)15(10-19-21)17(22)20-16(12(3)18(23)24)14-8-6-5-7-9-14/h5-12,16H,1-4H3,(H,20,22)(H,23,24). The zero-order valence-corrected chi connectivity index (χ0v) is 14.4. The Morgan fingerprint density at radius 1 is 1.17 bits per heavy atom. The van der Waals surface area contributed by atoms with Gasteiger partial charge in [0.05, 0.1) is 23.7 Å². The van der Waals surface area contributed by atoms with Crippen LogP contribution in [0.25, 0.3) is 0 Å². The average molecular weight is 329 g/mol. The summed E-state index contributed by atoms with van der Waals surface area (Å²) in [6.45, 7) is 7.40. The largest absolute Gasteiger partial charge is 0.481 e. The van der Waals surface area contributed by atoms with E-state index in [-0.39, 0.29) is 11.9 Å². The number of amides is 1. The minimum atomic E-state index is -0.959. The van der Waals surface area contributed by atoms with Crippen molar-refractivity contribution >= 4 is 11.9 Å². The first-order chi connectivity index (χ1) is 11.3. The molecule has 0 saturated heterocycles. The van der Waals surface area contributed by atoms with Crippen LogP contribution in [0.2, 0.25) is 0 Å². The number of carbonyl (C=O) groups excluding carboxylic acids is 1. The van der Waals surface area contributed by atoms with E-state index in [1.807, 2.05) is 51.1 Å². The Morgan fingerprint density at radius 2 is 1.79 bits per heavy atom. The van der Waals surface area contributed by atoms with Crippen molar-refractivity contribution in [3.63, 3.8) is 0 Å². The number of carboxylic acids is 1. The molecule has 2 atom stereocenters. The van der Waals surface area contributed by atoms with E-state index < -0.39 is 17.9 Å². The number of hydrogen-bond donors (Lipinski definition) is 2. The predicted octanol–water partition coefficient (Wildman–Crippen LogP) is 2.96. The molecule has 1 aromatic heterocycles. The van der Waals surface area contributed by atoms with Gasteiger partial charge in [0, 0.05) is 11.7 Å². The summed E-state index contributed by atoms with van der Waals surface area (Å²) in [5.74, 6) is -2.03. The van der Waals surface area contributed by atoms with Gasteiger partial charge in [0.2, 0.25) is 0 Å². The minimum Gasteiger partial charge on any atom is -0.481 e. The number of carbonyl (C=O) groups is 2. The van der Waals surface area contributed by atoms with Gasteiger partial charge < -0.3 is 10.4 Å². The highest BCUT2D eigenvalue weighted by molar-refractivity contribution is 5.95. The van der Waals surface area contributed by atoms with Crippen LogP contribution >= 0.6 is 0 Å². The van der Waals surface area contributed by atoms with Gasteiger partial charge in [-0.25, -0.2) is 0 Å². The highest BCUT2D eigenvalue weighted by Gasteiger charge is 2.28. The van der Waals surface area contributed by atoms with Crippen LogP contribution in [0, 0.1) is 12.8 Å². The maximum Gasteiger partial charge on any atom is 0.308 e. The van der Waals surface area contributed by atoms with Crippen LogP contribution in [0.15, 0.2) is 36.5 Å². The lowest BCUT2D eigenvalue weighted by Gasteiger charge is -2.23. The molecule has 24 heavy (non-hydrogen) atoms. The lowest BCUT2D eigenvalue weighted by atomic mass is 9.94. The van der Waals surface area contributed by atoms with Crippen LogP contribution in [0.5, 0.6) is 0 Å². The number of benzene rings is 1. The Hall–Kier alpha value is -2.63. The van der Waals surface area contributed by atoms with Crippen LogP contribution < -0.4 is 5.32 Å². The Labute approximate surface area is 141 Å². The molecule has 0 spiro atoms. The van der Waals surface area contributed by atoms with Gasteiger partial charge in [-0.05, 0) is 33.3 Å². The van der Waals surface area contributed by atoms with Crippen LogP contribution in [0.3, 0.4) is 0 Å². The minimum absolute atomic E-state index is 0.148. The Balaban J connectivity index is 2.30.